The van der Waals surface area contributed by atoms with Crippen LogP contribution in [0.4, 0.5) is 10.5 Å². The highest BCUT2D eigenvalue weighted by Gasteiger charge is 2.36. The molecule has 0 saturated carbocycles. The zero-order valence-corrected chi connectivity index (χ0v) is 25.2. The Morgan fingerprint density at radius 3 is 2.10 bits per heavy atom. The van der Waals surface area contributed by atoms with Crippen LogP contribution in [0.3, 0.4) is 0 Å². The monoisotopic (exact) mass is 569 g/mol. The average Bonchev–Trinajstić information content (AvgIpc) is 2.90. The Morgan fingerprint density at radius 2 is 1.55 bits per heavy atom. The molecule has 3 N–H and O–H groups in total. The molecule has 8 nitrogen and oxygen atoms in total. The molecule has 0 aliphatic carbocycles. The number of nitrogens with one attached hydrogen (secondary N) is 2. The molecular weight excluding hydrogens is 530 g/mol. The Balaban J connectivity index is 2.07. The molecule has 0 aliphatic rings. The number of ether oxygens (including phenoxy) is 1. The summed E-state index contributed by atoms with van der Waals surface area (Å²) in [5, 5.41) is 15.3. The van der Waals surface area contributed by atoms with Crippen molar-refractivity contribution in [3.05, 3.63) is 94.0 Å². The molecule has 42 heavy (non-hydrogen) atoms. The van der Waals surface area contributed by atoms with Gasteiger partial charge in [0.15, 0.2) is 0 Å². The SMILES string of the molecule is C#CN(C(=O)C(Cc1ccc(O)cc1)NC(=O)OC(C)(C)C)C(C(=O)Nc1c(C)cccc1C)c1ccc(C)c(C)c1. The number of aryl methyl sites for hydroxylation is 4. The first-order valence-electron chi connectivity index (χ1n) is 13.7. The van der Waals surface area contributed by atoms with Crippen molar-refractivity contribution in [3.8, 4) is 18.2 Å². The Kier molecular flexibility index (Phi) is 10.0. The van der Waals surface area contributed by atoms with Gasteiger partial charge in [0.05, 0.1) is 0 Å². The first-order valence-corrected chi connectivity index (χ1v) is 13.7. The number of terminal acetylenes is 1. The van der Waals surface area contributed by atoms with E-state index in [0.29, 0.717) is 16.8 Å². The number of phenols is 1. The molecular formula is C34H39N3O5. The van der Waals surface area contributed by atoms with Crippen LogP contribution in [-0.4, -0.2) is 39.6 Å². The van der Waals surface area contributed by atoms with Crippen molar-refractivity contribution in [2.75, 3.05) is 5.32 Å². The Labute approximate surface area is 248 Å². The lowest BCUT2D eigenvalue weighted by molar-refractivity contribution is -0.136. The number of alkyl carbamates (subject to hydrolysis) is 1. The average molecular weight is 570 g/mol. The van der Waals surface area contributed by atoms with E-state index >= 15 is 0 Å². The van der Waals surface area contributed by atoms with Gasteiger partial charge in [-0.2, -0.15) is 0 Å². The van der Waals surface area contributed by atoms with Crippen molar-refractivity contribution in [1.29, 1.82) is 0 Å². The summed E-state index contributed by atoms with van der Waals surface area (Å²) in [4.78, 5) is 42.0. The predicted molar refractivity (Wildman–Crippen MR) is 164 cm³/mol. The molecule has 8 heteroatoms. The van der Waals surface area contributed by atoms with E-state index in [4.69, 9.17) is 11.2 Å². The smallest absolute Gasteiger partial charge is 0.408 e. The number of carbonyl (C=O) groups excluding carboxylic acids is 3. The van der Waals surface area contributed by atoms with E-state index in [1.54, 1.807) is 39.0 Å². The summed E-state index contributed by atoms with van der Waals surface area (Å²) in [5.74, 6) is -1.11. The molecule has 2 atom stereocenters. The lowest BCUT2D eigenvalue weighted by Gasteiger charge is -2.31. The Bertz CT molecular complexity index is 1480. The highest BCUT2D eigenvalue weighted by molar-refractivity contribution is 6.00. The zero-order chi connectivity index (χ0) is 31.2. The summed E-state index contributed by atoms with van der Waals surface area (Å²) < 4.78 is 5.42. The van der Waals surface area contributed by atoms with Crippen LogP contribution in [0.2, 0.25) is 0 Å². The number of hydrogen-bond acceptors (Lipinski definition) is 5. The van der Waals surface area contributed by atoms with Gasteiger partial charge >= 0.3 is 6.09 Å². The van der Waals surface area contributed by atoms with Gasteiger partial charge in [0.2, 0.25) is 0 Å². The van der Waals surface area contributed by atoms with E-state index in [1.165, 1.54) is 12.1 Å². The van der Waals surface area contributed by atoms with Gasteiger partial charge < -0.3 is 20.5 Å². The summed E-state index contributed by atoms with van der Waals surface area (Å²) >= 11 is 0. The number of para-hydroxylation sites is 1. The number of amides is 3. The Morgan fingerprint density at radius 1 is 0.929 bits per heavy atom. The molecule has 3 rings (SSSR count). The zero-order valence-electron chi connectivity index (χ0n) is 25.2. The minimum Gasteiger partial charge on any atom is -0.508 e. The maximum Gasteiger partial charge on any atom is 0.408 e. The first kappa shape index (κ1) is 31.8. The summed E-state index contributed by atoms with van der Waals surface area (Å²) in [5.41, 5.74) is 4.66. The quantitative estimate of drug-likeness (QED) is 0.233. The minimum atomic E-state index is -1.21. The van der Waals surface area contributed by atoms with E-state index < -0.39 is 35.6 Å². The second kappa shape index (κ2) is 13.3. The topological polar surface area (TPSA) is 108 Å². The number of phenolic OH excluding ortho intramolecular Hbond substituents is 1. The van der Waals surface area contributed by atoms with Gasteiger partial charge in [0, 0.05) is 18.2 Å². The highest BCUT2D eigenvalue weighted by atomic mass is 16.6. The summed E-state index contributed by atoms with van der Waals surface area (Å²) in [6.07, 6.45) is 5.18. The number of rotatable bonds is 8. The van der Waals surface area contributed by atoms with E-state index in [0.717, 1.165) is 27.2 Å². The van der Waals surface area contributed by atoms with Crippen molar-refractivity contribution in [3.63, 3.8) is 0 Å². The first-order chi connectivity index (χ1) is 19.7. The molecule has 0 radical (unpaired) electrons. The maximum absolute atomic E-state index is 14.2. The fourth-order valence-electron chi connectivity index (χ4n) is 4.51. The van der Waals surface area contributed by atoms with Gasteiger partial charge in [-0.05, 0) is 94.0 Å². The number of hydrogen-bond donors (Lipinski definition) is 3. The van der Waals surface area contributed by atoms with Crippen LogP contribution in [0.1, 0.15) is 60.2 Å². The lowest BCUT2D eigenvalue weighted by atomic mass is 9.97. The summed E-state index contributed by atoms with van der Waals surface area (Å²) in [7, 11) is 0. The molecule has 2 unspecified atom stereocenters. The van der Waals surface area contributed by atoms with Crippen molar-refractivity contribution in [2.45, 2.75) is 72.6 Å². The largest absolute Gasteiger partial charge is 0.508 e. The van der Waals surface area contributed by atoms with Crippen LogP contribution in [0.25, 0.3) is 0 Å². The summed E-state index contributed by atoms with van der Waals surface area (Å²) in [6.45, 7) is 12.8. The van der Waals surface area contributed by atoms with Crippen molar-refractivity contribution in [2.24, 2.45) is 0 Å². The van der Waals surface area contributed by atoms with Crippen LogP contribution in [0.15, 0.2) is 60.7 Å². The molecule has 0 aromatic heterocycles. The maximum atomic E-state index is 14.2. The molecule has 0 spiro atoms. The molecule has 3 aromatic carbocycles. The molecule has 3 aromatic rings. The third kappa shape index (κ3) is 8.14. The molecule has 220 valence electrons. The van der Waals surface area contributed by atoms with E-state index in [9.17, 15) is 19.5 Å². The summed E-state index contributed by atoms with van der Waals surface area (Å²) in [6, 6.07) is 17.4. The molecule has 0 aliphatic heterocycles. The van der Waals surface area contributed by atoms with Crippen molar-refractivity contribution in [1.82, 2.24) is 10.2 Å². The van der Waals surface area contributed by atoms with Crippen molar-refractivity contribution < 1.29 is 24.2 Å². The van der Waals surface area contributed by atoms with Gasteiger partial charge in [-0.25, -0.2) is 4.79 Å². The van der Waals surface area contributed by atoms with E-state index in [2.05, 4.69) is 16.7 Å². The third-order valence-electron chi connectivity index (χ3n) is 6.82. The van der Waals surface area contributed by atoms with Crippen LogP contribution in [0, 0.1) is 40.2 Å². The number of nitrogens with zero attached hydrogens (tertiary/aromatic N) is 1. The fraction of sp³-hybridized carbons (Fsp3) is 0.324. The lowest BCUT2D eigenvalue weighted by Crippen LogP contribution is -2.51. The van der Waals surface area contributed by atoms with Gasteiger partial charge in [-0.15, -0.1) is 0 Å². The fourth-order valence-corrected chi connectivity index (χ4v) is 4.51. The van der Waals surface area contributed by atoms with Crippen LogP contribution < -0.4 is 10.6 Å². The standard InChI is InChI=1S/C34H39N3O5/c1-9-37(32(40)28(35-33(41)42-34(6,7)8)20-25-14-17-27(38)18-15-25)30(26-16-13-21(2)24(5)19-26)31(39)36-29-22(3)11-10-12-23(29)4/h1,10-19,28,30,38H,20H2,2-8H3,(H,35,41)(H,36,39). The van der Waals surface area contributed by atoms with E-state index in [1.807, 2.05) is 58.0 Å². The Hall–Kier alpha value is -4.77. The second-order valence-electron chi connectivity index (χ2n) is 11.4. The number of benzene rings is 3. The molecule has 0 saturated heterocycles. The van der Waals surface area contributed by atoms with Gasteiger partial charge in [0.25, 0.3) is 11.8 Å². The van der Waals surface area contributed by atoms with E-state index in [-0.39, 0.29) is 12.2 Å². The van der Waals surface area contributed by atoms with Gasteiger partial charge in [-0.1, -0.05) is 55.0 Å². The van der Waals surface area contributed by atoms with Crippen molar-refractivity contribution >= 4 is 23.6 Å². The third-order valence-corrected chi connectivity index (χ3v) is 6.82. The van der Waals surface area contributed by atoms with Crippen LogP contribution >= 0.6 is 0 Å². The second-order valence-corrected chi connectivity index (χ2v) is 11.4. The van der Waals surface area contributed by atoms with Crippen LogP contribution in [0.5, 0.6) is 5.75 Å². The predicted octanol–water partition coefficient (Wildman–Crippen LogP) is 5.86. The minimum absolute atomic E-state index is 0.0364. The molecule has 3 amide bonds. The number of aromatic hydroxyl groups is 1. The molecule has 0 fully saturated rings. The van der Waals surface area contributed by atoms with Crippen LogP contribution in [-0.2, 0) is 20.7 Å². The number of carbonyl (C=O) groups is 3. The van der Waals surface area contributed by atoms with Gasteiger partial charge in [0.1, 0.15) is 23.4 Å². The highest BCUT2D eigenvalue weighted by Crippen LogP contribution is 2.28. The number of anilines is 1. The molecule has 0 bridgehead atoms. The molecule has 0 heterocycles. The van der Waals surface area contributed by atoms with Gasteiger partial charge in [-0.3, -0.25) is 14.5 Å². The normalized spacial score (nSPS) is 12.4.